The first kappa shape index (κ1) is 59.6. The largest absolute Gasteiger partial charge is 0.481 e. The zero-order valence-electron chi connectivity index (χ0n) is 36.8. The highest BCUT2D eigenvalue weighted by molar-refractivity contribution is 7.20. The number of Topliss-reactive ketones (excluding diaryl/α,β-unsaturated/α-hetero) is 1. The summed E-state index contributed by atoms with van der Waals surface area (Å²) in [5.41, 5.74) is -29.1. The van der Waals surface area contributed by atoms with Crippen LogP contribution >= 0.6 is 0 Å². The van der Waals surface area contributed by atoms with Crippen LogP contribution in [0.1, 0.15) is 60.6 Å². The van der Waals surface area contributed by atoms with Gasteiger partial charge in [0.15, 0.2) is 12.4 Å². The molecule has 0 aliphatic heterocycles. The quantitative estimate of drug-likeness (QED) is 0.0678. The molecule has 6 rings (SSSR count). The third-order valence-electron chi connectivity index (χ3n) is 11.0. The zero-order valence-corrected chi connectivity index (χ0v) is 36.8. The SMILES string of the molecule is FC(F)(F)c1cc([B-](c2cc(C(F)(F)F)cc(C(F)(F)F)c2)(c2cc(C(F)(F)F)cc(C(F)(F)F)c2)c2cc(C(F)(F)F)cc(C(F)(F)F)c2)cc(C(F)(F)F)c1.O=C(O)Cc1c[n+](CC(=O)c2ccccc2)ccn1. The molecule has 0 bridgehead atoms. The zero-order chi connectivity index (χ0) is 57.6. The van der Waals surface area contributed by atoms with Crippen LogP contribution < -0.4 is 26.4 Å². The van der Waals surface area contributed by atoms with Crippen molar-refractivity contribution in [2.75, 3.05) is 0 Å². The van der Waals surface area contributed by atoms with E-state index < -0.39 is 201 Å². The number of hydrogen-bond acceptors (Lipinski definition) is 3. The summed E-state index contributed by atoms with van der Waals surface area (Å²) < 4.78 is 342. The topological polar surface area (TPSA) is 71.1 Å². The van der Waals surface area contributed by atoms with Crippen molar-refractivity contribution >= 4 is 39.7 Å². The Morgan fingerprint density at radius 3 is 0.921 bits per heavy atom. The number of rotatable bonds is 9. The summed E-state index contributed by atoms with van der Waals surface area (Å²) in [7, 11) is 0. The molecule has 30 heteroatoms. The Kier molecular flexibility index (Phi) is 16.2. The molecule has 76 heavy (non-hydrogen) atoms. The van der Waals surface area contributed by atoms with Gasteiger partial charge >= 0.3 is 55.4 Å². The molecule has 0 fully saturated rings. The molecule has 0 spiro atoms. The van der Waals surface area contributed by atoms with Crippen LogP contribution in [0, 0.1) is 0 Å². The van der Waals surface area contributed by atoms with Gasteiger partial charge < -0.3 is 5.11 Å². The summed E-state index contributed by atoms with van der Waals surface area (Å²) in [6.45, 7) is 0.166. The van der Waals surface area contributed by atoms with E-state index in [0.29, 0.717) is 11.3 Å². The summed E-state index contributed by atoms with van der Waals surface area (Å²) in [6, 6.07) is 0.154. The van der Waals surface area contributed by atoms with Crippen molar-refractivity contribution < 1.29 is 125 Å². The molecule has 5 aromatic carbocycles. The first-order valence-corrected chi connectivity index (χ1v) is 20.4. The Morgan fingerprint density at radius 1 is 0.421 bits per heavy atom. The van der Waals surface area contributed by atoms with Crippen molar-refractivity contribution in [1.82, 2.24) is 4.98 Å². The van der Waals surface area contributed by atoms with E-state index in [9.17, 15) is 115 Å². The van der Waals surface area contributed by atoms with Gasteiger partial charge in [-0.15, -0.1) is 0 Å². The fourth-order valence-electron chi connectivity index (χ4n) is 7.78. The second-order valence-electron chi connectivity index (χ2n) is 16.3. The van der Waals surface area contributed by atoms with Gasteiger partial charge in [0.25, 0.3) is 0 Å². The minimum Gasteiger partial charge on any atom is -0.481 e. The maximum Gasteiger partial charge on any atom is 0.416 e. The van der Waals surface area contributed by atoms with Crippen LogP contribution in [0.2, 0.25) is 0 Å². The average molecular weight is 1120 g/mol. The van der Waals surface area contributed by atoms with Crippen molar-refractivity contribution in [3.8, 4) is 0 Å². The maximum absolute atomic E-state index is 14.2. The summed E-state index contributed by atoms with van der Waals surface area (Å²) in [6.07, 6.45) is -50.2. The van der Waals surface area contributed by atoms with Crippen LogP contribution in [-0.2, 0) is 67.2 Å². The lowest BCUT2D eigenvalue weighted by Gasteiger charge is -2.46. The number of carbonyl (C=O) groups excluding carboxylic acids is 1. The predicted octanol–water partition coefficient (Wildman–Crippen LogP) is 12.1. The normalized spacial score (nSPS) is 13.3. The van der Waals surface area contributed by atoms with E-state index in [1.807, 2.05) is 6.07 Å². The number of carbonyl (C=O) groups is 2. The molecule has 0 saturated heterocycles. The molecule has 0 amide bonds. The Labute approximate surface area is 408 Å². The summed E-state index contributed by atoms with van der Waals surface area (Å²) in [5.74, 6) is -0.974. The molecule has 5 nitrogen and oxygen atoms in total. The van der Waals surface area contributed by atoms with Crippen LogP contribution in [0.15, 0.2) is 122 Å². The number of aromatic nitrogens is 2. The van der Waals surface area contributed by atoms with Crippen LogP contribution in [-0.4, -0.2) is 28.0 Å². The average Bonchev–Trinajstić information content (AvgIpc) is 3.27. The van der Waals surface area contributed by atoms with E-state index in [0.717, 1.165) is 0 Å². The summed E-state index contributed by atoms with van der Waals surface area (Å²) >= 11 is 0. The first-order chi connectivity index (χ1) is 34.4. The molecule has 0 aliphatic carbocycles. The number of ketones is 1. The highest BCUT2D eigenvalue weighted by Crippen LogP contribution is 2.41. The molecule has 0 unspecified atom stereocenters. The van der Waals surface area contributed by atoms with Crippen LogP contribution in [0.4, 0.5) is 105 Å². The van der Waals surface area contributed by atoms with Crippen molar-refractivity contribution in [2.45, 2.75) is 62.4 Å². The van der Waals surface area contributed by atoms with E-state index in [-0.39, 0.29) is 18.7 Å². The smallest absolute Gasteiger partial charge is 0.416 e. The number of halogens is 24. The Bertz CT molecular complexity index is 2660. The molecule has 1 heterocycles. The molecule has 0 saturated carbocycles. The highest BCUT2D eigenvalue weighted by atomic mass is 19.4. The second kappa shape index (κ2) is 20.7. The van der Waals surface area contributed by atoms with E-state index in [1.165, 1.54) is 6.20 Å². The van der Waals surface area contributed by atoms with Crippen molar-refractivity contribution in [2.24, 2.45) is 0 Å². The lowest BCUT2D eigenvalue weighted by Crippen LogP contribution is -2.75. The van der Waals surface area contributed by atoms with E-state index in [2.05, 4.69) is 4.98 Å². The van der Waals surface area contributed by atoms with Gasteiger partial charge in [0.2, 0.25) is 12.3 Å². The standard InChI is InChI=1S/C32H12BF24.C14H12N2O3/c34-25(35,36)13-1-14(26(37,38)39)6-21(5-13)33(22-7-15(27(40,41)42)2-16(8-22)28(43,44)45,23-9-17(29(46,47)48)3-18(10-23)30(49,50)51)24-11-19(31(52,53)54)4-20(12-24)32(55,56)57;17-13(11-4-2-1-3-5-11)10-16-7-6-15-12(9-16)8-14(18)19/h1-12H;1-7,9H,8,10H2/q-1;/p+1. The van der Waals surface area contributed by atoms with Crippen molar-refractivity contribution in [3.63, 3.8) is 0 Å². The summed E-state index contributed by atoms with van der Waals surface area (Å²) in [4.78, 5) is 26.5. The fraction of sp³-hybridized carbons (Fsp3) is 0.217. The first-order valence-electron chi connectivity index (χ1n) is 20.4. The lowest BCUT2D eigenvalue weighted by molar-refractivity contribution is -0.684. The van der Waals surface area contributed by atoms with E-state index >= 15 is 0 Å². The van der Waals surface area contributed by atoms with Gasteiger partial charge in [-0.1, -0.05) is 78.9 Å². The monoisotopic (exact) mass is 1120 g/mol. The predicted molar refractivity (Wildman–Crippen MR) is 217 cm³/mol. The van der Waals surface area contributed by atoms with E-state index in [1.54, 1.807) is 41.2 Å². The highest BCUT2D eigenvalue weighted by Gasteiger charge is 2.47. The third kappa shape index (κ3) is 14.1. The number of hydrogen-bond donors (Lipinski definition) is 1. The third-order valence-corrected chi connectivity index (χ3v) is 11.0. The second-order valence-corrected chi connectivity index (χ2v) is 16.3. The van der Waals surface area contributed by atoms with E-state index in [4.69, 9.17) is 5.11 Å². The molecule has 0 radical (unpaired) electrons. The summed E-state index contributed by atoms with van der Waals surface area (Å²) in [5, 5.41) is 8.70. The van der Waals surface area contributed by atoms with Crippen LogP contribution in [0.5, 0.6) is 0 Å². The molecular weight excluding hydrogens is 1100 g/mol. The Balaban J connectivity index is 0.000000468. The number of aliphatic carboxylic acids is 1. The fourth-order valence-corrected chi connectivity index (χ4v) is 7.78. The van der Waals surface area contributed by atoms with Gasteiger partial charge in [0, 0.05) is 5.56 Å². The number of benzene rings is 5. The van der Waals surface area contributed by atoms with Gasteiger partial charge in [-0.05, 0) is 24.3 Å². The lowest BCUT2D eigenvalue weighted by atomic mass is 9.12. The number of alkyl halides is 24. The Hall–Kier alpha value is -7.30. The van der Waals surface area contributed by atoms with Crippen molar-refractivity contribution in [1.29, 1.82) is 0 Å². The molecule has 1 N–H and O–H groups in total. The number of carboxylic acid groups (broad SMARTS) is 1. The molecule has 1 aromatic heterocycles. The molecule has 408 valence electrons. The molecule has 6 aromatic rings. The number of nitrogens with zero attached hydrogens (tertiary/aromatic N) is 2. The van der Waals surface area contributed by atoms with Gasteiger partial charge in [0.1, 0.15) is 11.8 Å². The van der Waals surface area contributed by atoms with Crippen molar-refractivity contribution in [3.05, 3.63) is 177 Å². The molecular formula is C46H25BF24N2O3. The van der Waals surface area contributed by atoms with Gasteiger partial charge in [-0.25, -0.2) is 4.98 Å². The molecule has 0 aliphatic rings. The van der Waals surface area contributed by atoms with Gasteiger partial charge in [-0.2, -0.15) is 132 Å². The van der Waals surface area contributed by atoms with Gasteiger partial charge in [0.05, 0.1) is 57.1 Å². The minimum absolute atomic E-state index is 0.0296. The number of carboxylic acids is 1. The minimum atomic E-state index is -6.13. The molecule has 0 atom stereocenters. The Morgan fingerprint density at radius 2 is 0.684 bits per heavy atom. The van der Waals surface area contributed by atoms with Crippen LogP contribution in [0.25, 0.3) is 0 Å². The van der Waals surface area contributed by atoms with Gasteiger partial charge in [-0.3, -0.25) is 9.59 Å². The maximum atomic E-state index is 14.2. The van der Waals surface area contributed by atoms with Crippen LogP contribution in [0.3, 0.4) is 0 Å².